The van der Waals surface area contributed by atoms with Gasteiger partial charge in [-0.25, -0.2) is 4.99 Å². The molecule has 1 aliphatic rings. The van der Waals surface area contributed by atoms with Gasteiger partial charge in [0.15, 0.2) is 0 Å². The normalized spacial score (nSPS) is 10.4. The lowest BCUT2D eigenvalue weighted by atomic mass is 10.0. The number of nitrogens with one attached hydrogen (secondary N) is 2. The molecule has 0 fully saturated rings. The van der Waals surface area contributed by atoms with Gasteiger partial charge in [-0.3, -0.25) is 0 Å². The molecule has 0 saturated carbocycles. The first-order chi connectivity index (χ1) is 25.2. The summed E-state index contributed by atoms with van der Waals surface area (Å²) in [5.74, 6) is 0.681. The first kappa shape index (κ1) is 40.2. The van der Waals surface area contributed by atoms with E-state index in [2.05, 4.69) is 127 Å². The molecule has 0 unspecified atom stereocenters. The van der Waals surface area contributed by atoms with E-state index in [0.29, 0.717) is 5.96 Å². The highest BCUT2D eigenvalue weighted by Crippen LogP contribution is 2.38. The van der Waals surface area contributed by atoms with Crippen LogP contribution in [0.3, 0.4) is 0 Å². The van der Waals surface area contributed by atoms with Gasteiger partial charge < -0.3 is 22.1 Å². The molecule has 0 aliphatic carbocycles. The standard InChI is InChI=1S/C19H13Br2N3.C12H12N2.C7H3Br2NS.C2H2.CH4/c20-14-8-5-9-15(21)18(14)24-19-22-16-10-3-1-6-12(16)13-7-2-4-11-17(13)23-19;13-11-7-3-1-5-9(11)10-6-2-4-8-12(10)14;8-5-2-1-3-6(9)7(5)10-4-11;1-2;/h1-11H,(H2,22,23,24);1-8H,13-14H2;1-3H;1-2H;1H4/i;;;1D;. The summed E-state index contributed by atoms with van der Waals surface area (Å²) in [7, 11) is 0. The fourth-order valence-corrected chi connectivity index (χ4v) is 7.27. The molecule has 1 aliphatic heterocycles. The second kappa shape index (κ2) is 21.1. The number of hydrogen-bond donors (Lipinski definition) is 4. The number of aliphatic imine (C=N–C) groups is 2. The van der Waals surface area contributed by atoms with Gasteiger partial charge in [-0.2, -0.15) is 4.99 Å². The molecule has 0 aromatic heterocycles. The molecule has 1 heterocycles. The quantitative estimate of drug-likeness (QED) is 0.0613. The van der Waals surface area contributed by atoms with Crippen LogP contribution in [-0.2, 0) is 0 Å². The molecule has 0 saturated heterocycles. The Morgan fingerprint density at radius 1 is 0.558 bits per heavy atom. The first-order valence-corrected chi connectivity index (χ1v) is 18.6. The fourth-order valence-electron chi connectivity index (χ4n) is 4.83. The Balaban J connectivity index is 0.000000222. The van der Waals surface area contributed by atoms with Crippen LogP contribution in [-0.4, -0.2) is 11.1 Å². The number of guanidine groups is 1. The van der Waals surface area contributed by atoms with E-state index in [1.165, 1.54) is 6.40 Å². The van der Waals surface area contributed by atoms with Gasteiger partial charge in [-0.1, -0.05) is 92.4 Å². The monoisotopic (exact) mass is 959 g/mol. The summed E-state index contributed by atoms with van der Waals surface area (Å²) in [6, 6.07) is 43.5. The fraction of sp³-hybridized carbons (Fsp3) is 0.0244. The van der Waals surface area contributed by atoms with Crippen molar-refractivity contribution in [1.29, 1.82) is 0 Å². The minimum absolute atomic E-state index is 0. The highest BCUT2D eigenvalue weighted by molar-refractivity contribution is 9.11. The molecule has 52 heavy (non-hydrogen) atoms. The summed E-state index contributed by atoms with van der Waals surface area (Å²) in [6.07, 6.45) is 5.76. The van der Waals surface area contributed by atoms with E-state index in [1.807, 2.05) is 109 Å². The number of benzene rings is 6. The van der Waals surface area contributed by atoms with Crippen LogP contribution < -0.4 is 22.1 Å². The topological polar surface area (TPSA) is 101 Å². The molecular formula is C41H34Br4N6S. The third-order valence-electron chi connectivity index (χ3n) is 7.12. The number of fused-ring (bicyclic) bond motifs is 3. The lowest BCUT2D eigenvalue weighted by Gasteiger charge is -2.11. The lowest BCUT2D eigenvalue weighted by molar-refractivity contribution is 1.43. The molecule has 7 rings (SSSR count). The number of halogens is 4. The minimum Gasteiger partial charge on any atom is -0.398 e. The number of hydrogen-bond acceptors (Lipinski definition) is 5. The van der Waals surface area contributed by atoms with Crippen molar-refractivity contribution in [2.75, 3.05) is 22.1 Å². The number of nitrogen functional groups attached to an aromatic ring is 2. The van der Waals surface area contributed by atoms with Crippen molar-refractivity contribution in [2.45, 2.75) is 7.43 Å². The Morgan fingerprint density at radius 2 is 0.904 bits per heavy atom. The van der Waals surface area contributed by atoms with Gasteiger partial charge in [-0.15, -0.1) is 12.8 Å². The third kappa shape index (κ3) is 11.0. The van der Waals surface area contributed by atoms with Crippen LogP contribution in [0.2, 0.25) is 0 Å². The number of anilines is 4. The number of thiocarbonyl (C=S) groups is 1. The number of terminal acetylenes is 1. The van der Waals surface area contributed by atoms with Crippen molar-refractivity contribution < 1.29 is 1.37 Å². The van der Waals surface area contributed by atoms with Crippen LogP contribution in [0.1, 0.15) is 8.80 Å². The summed E-state index contributed by atoms with van der Waals surface area (Å²) < 4.78 is 9.41. The summed E-state index contributed by atoms with van der Waals surface area (Å²) in [4.78, 5) is 8.65. The van der Waals surface area contributed by atoms with E-state index in [-0.39, 0.29) is 7.43 Å². The van der Waals surface area contributed by atoms with E-state index in [9.17, 15) is 0 Å². The summed E-state index contributed by atoms with van der Waals surface area (Å²) in [6.45, 7) is 0. The number of nitrogens with two attached hydrogens (primary N) is 2. The molecule has 0 amide bonds. The van der Waals surface area contributed by atoms with E-state index in [0.717, 1.165) is 74.3 Å². The number of para-hydroxylation sites is 6. The zero-order valence-electron chi connectivity index (χ0n) is 27.7. The zero-order chi connectivity index (χ0) is 37.5. The average Bonchev–Trinajstić information content (AvgIpc) is 3.29. The van der Waals surface area contributed by atoms with Crippen LogP contribution in [0.25, 0.3) is 22.3 Å². The maximum absolute atomic E-state index is 5.87. The Hall–Kier alpha value is -4.53. The van der Waals surface area contributed by atoms with Crippen molar-refractivity contribution in [1.82, 2.24) is 0 Å². The molecule has 6 aromatic rings. The van der Waals surface area contributed by atoms with Gasteiger partial charge in [0.25, 0.3) is 0 Å². The van der Waals surface area contributed by atoms with Crippen molar-refractivity contribution >= 4 is 121 Å². The minimum atomic E-state index is 0. The molecule has 0 radical (unpaired) electrons. The van der Waals surface area contributed by atoms with E-state index >= 15 is 0 Å². The van der Waals surface area contributed by atoms with E-state index in [1.54, 1.807) is 0 Å². The van der Waals surface area contributed by atoms with Gasteiger partial charge in [0.2, 0.25) is 5.96 Å². The molecule has 0 bridgehead atoms. The maximum Gasteiger partial charge on any atom is 0.205 e. The van der Waals surface area contributed by atoms with Crippen LogP contribution in [0.5, 0.6) is 0 Å². The van der Waals surface area contributed by atoms with Gasteiger partial charge in [-0.05, 0) is 124 Å². The molecule has 6 N–H and O–H groups in total. The zero-order valence-corrected chi connectivity index (χ0v) is 33.9. The second-order valence-corrected chi connectivity index (χ2v) is 13.9. The lowest BCUT2D eigenvalue weighted by Crippen LogP contribution is -2.20. The van der Waals surface area contributed by atoms with Crippen molar-refractivity contribution in [3.05, 3.63) is 151 Å². The highest BCUT2D eigenvalue weighted by Gasteiger charge is 2.17. The summed E-state index contributed by atoms with van der Waals surface area (Å²) in [5, 5.41) is 9.13. The predicted molar refractivity (Wildman–Crippen MR) is 242 cm³/mol. The molecule has 6 nitrogen and oxygen atoms in total. The van der Waals surface area contributed by atoms with Crippen LogP contribution >= 0.6 is 75.9 Å². The van der Waals surface area contributed by atoms with E-state index < -0.39 is 0 Å². The summed E-state index contributed by atoms with van der Waals surface area (Å²) >= 11 is 18.3. The Kier molecular flexibility index (Phi) is 16.3. The smallest absolute Gasteiger partial charge is 0.205 e. The Bertz CT molecular complexity index is 2150. The Morgan fingerprint density at radius 3 is 1.29 bits per heavy atom. The van der Waals surface area contributed by atoms with Gasteiger partial charge in [0.05, 0.1) is 10.8 Å². The highest BCUT2D eigenvalue weighted by atomic mass is 79.9. The summed E-state index contributed by atoms with van der Waals surface area (Å²) in [5.41, 5.74) is 21.2. The number of nitrogens with zero attached hydrogens (tertiary/aromatic N) is 2. The Labute approximate surface area is 345 Å². The molecule has 262 valence electrons. The number of rotatable bonds is 3. The largest absolute Gasteiger partial charge is 0.398 e. The van der Waals surface area contributed by atoms with Crippen LogP contribution in [0.4, 0.5) is 34.1 Å². The SMILES string of the molecule is Brc1cccc(Br)c1N=C1Nc2ccccc2-c2ccccc2N1.C.Nc1ccccc1-c1ccccc1N.S=C=Nc1c(Br)cccc1Br.[2H]C#C. The van der Waals surface area contributed by atoms with Crippen LogP contribution in [0, 0.1) is 12.8 Å². The first-order valence-electron chi connectivity index (χ1n) is 15.5. The van der Waals surface area contributed by atoms with Gasteiger partial charge >= 0.3 is 0 Å². The number of isothiocyanates is 1. The molecular weight excluding hydrogens is 928 g/mol. The van der Waals surface area contributed by atoms with E-state index in [4.69, 9.17) is 17.8 Å². The predicted octanol–water partition coefficient (Wildman–Crippen LogP) is 13.8. The molecule has 6 aromatic carbocycles. The maximum atomic E-state index is 5.87. The van der Waals surface area contributed by atoms with Gasteiger partial charge in [0.1, 0.15) is 7.06 Å². The van der Waals surface area contributed by atoms with Crippen LogP contribution in [0.15, 0.2) is 161 Å². The van der Waals surface area contributed by atoms with Crippen molar-refractivity contribution in [2.24, 2.45) is 9.98 Å². The second-order valence-electron chi connectivity index (χ2n) is 10.3. The molecule has 11 heteroatoms. The van der Waals surface area contributed by atoms with Crippen molar-refractivity contribution in [3.8, 4) is 35.1 Å². The third-order valence-corrected chi connectivity index (χ3v) is 9.77. The van der Waals surface area contributed by atoms with Gasteiger partial charge in [0, 0.05) is 62.9 Å². The average molecular weight is 963 g/mol. The van der Waals surface area contributed by atoms with Crippen molar-refractivity contribution in [3.63, 3.8) is 0 Å². The molecule has 0 atom stereocenters. The molecule has 0 spiro atoms.